The SMILES string of the molecule is C=CCN(CCO)c1nccc(CNC)c1F. The summed E-state index contributed by atoms with van der Waals surface area (Å²) in [6, 6.07) is 1.64. The van der Waals surface area contributed by atoms with E-state index in [4.69, 9.17) is 5.11 Å². The third-order valence-corrected chi connectivity index (χ3v) is 2.34. The van der Waals surface area contributed by atoms with Crippen LogP contribution in [0.2, 0.25) is 0 Å². The van der Waals surface area contributed by atoms with E-state index in [1.54, 1.807) is 30.3 Å². The monoisotopic (exact) mass is 239 g/mol. The summed E-state index contributed by atoms with van der Waals surface area (Å²) >= 11 is 0. The summed E-state index contributed by atoms with van der Waals surface area (Å²) in [7, 11) is 1.76. The zero-order valence-electron chi connectivity index (χ0n) is 9.99. The molecule has 0 aromatic carbocycles. The number of halogens is 1. The molecule has 1 heterocycles. The van der Waals surface area contributed by atoms with Crippen LogP contribution < -0.4 is 10.2 Å². The molecular formula is C12H18FN3O. The first-order valence-corrected chi connectivity index (χ1v) is 5.49. The fourth-order valence-corrected chi connectivity index (χ4v) is 1.58. The largest absolute Gasteiger partial charge is 0.395 e. The summed E-state index contributed by atoms with van der Waals surface area (Å²) in [5, 5.41) is 11.8. The molecule has 1 aromatic rings. The highest BCUT2D eigenvalue weighted by Gasteiger charge is 2.14. The number of anilines is 1. The van der Waals surface area contributed by atoms with Crippen LogP contribution in [0.3, 0.4) is 0 Å². The quantitative estimate of drug-likeness (QED) is 0.695. The van der Waals surface area contributed by atoms with Crippen molar-refractivity contribution in [3.8, 4) is 0 Å². The fourth-order valence-electron chi connectivity index (χ4n) is 1.58. The minimum atomic E-state index is -0.350. The highest BCUT2D eigenvalue weighted by atomic mass is 19.1. The van der Waals surface area contributed by atoms with Crippen LogP contribution in [0.4, 0.5) is 10.2 Å². The van der Waals surface area contributed by atoms with E-state index in [0.717, 1.165) is 0 Å². The van der Waals surface area contributed by atoms with Crippen LogP contribution in [0, 0.1) is 5.82 Å². The summed E-state index contributed by atoms with van der Waals surface area (Å²) < 4.78 is 14.1. The number of nitrogens with zero attached hydrogens (tertiary/aromatic N) is 2. The van der Waals surface area contributed by atoms with Gasteiger partial charge in [0.1, 0.15) is 0 Å². The maximum absolute atomic E-state index is 14.1. The minimum Gasteiger partial charge on any atom is -0.395 e. The molecule has 0 saturated heterocycles. The first-order valence-electron chi connectivity index (χ1n) is 5.49. The number of hydrogen-bond acceptors (Lipinski definition) is 4. The number of pyridine rings is 1. The van der Waals surface area contributed by atoms with E-state index in [0.29, 0.717) is 25.2 Å². The van der Waals surface area contributed by atoms with E-state index < -0.39 is 0 Å². The second-order valence-corrected chi connectivity index (χ2v) is 3.60. The number of aromatic nitrogens is 1. The molecule has 0 radical (unpaired) electrons. The van der Waals surface area contributed by atoms with Crippen molar-refractivity contribution in [1.29, 1.82) is 0 Å². The molecule has 1 rings (SSSR count). The molecule has 0 amide bonds. The number of rotatable bonds is 7. The first kappa shape index (κ1) is 13.6. The van der Waals surface area contributed by atoms with E-state index in [1.807, 2.05) is 0 Å². The lowest BCUT2D eigenvalue weighted by molar-refractivity contribution is 0.302. The fraction of sp³-hybridized carbons (Fsp3) is 0.417. The Kier molecular flexibility index (Phi) is 5.59. The van der Waals surface area contributed by atoms with Crippen molar-refractivity contribution in [3.05, 3.63) is 36.3 Å². The maximum atomic E-state index is 14.1. The lowest BCUT2D eigenvalue weighted by atomic mass is 10.2. The van der Waals surface area contributed by atoms with Gasteiger partial charge in [-0.2, -0.15) is 0 Å². The first-order chi connectivity index (χ1) is 8.24. The summed E-state index contributed by atoms with van der Waals surface area (Å²) in [5.74, 6) is -0.0937. The molecule has 0 aliphatic rings. The number of nitrogens with one attached hydrogen (secondary N) is 1. The Bertz CT molecular complexity index is 371. The third kappa shape index (κ3) is 3.51. The normalized spacial score (nSPS) is 10.3. The number of aliphatic hydroxyl groups excluding tert-OH is 1. The summed E-state index contributed by atoms with van der Waals surface area (Å²) in [6.45, 7) is 4.79. The molecule has 4 nitrogen and oxygen atoms in total. The van der Waals surface area contributed by atoms with Gasteiger partial charge in [-0.3, -0.25) is 0 Å². The topological polar surface area (TPSA) is 48.4 Å². The highest BCUT2D eigenvalue weighted by molar-refractivity contribution is 5.43. The second kappa shape index (κ2) is 6.98. The second-order valence-electron chi connectivity index (χ2n) is 3.60. The summed E-state index contributed by atoms with van der Waals surface area (Å²) in [4.78, 5) is 5.68. The molecule has 0 fully saturated rings. The minimum absolute atomic E-state index is 0.0504. The molecule has 0 unspecified atom stereocenters. The Hall–Kier alpha value is -1.46. The van der Waals surface area contributed by atoms with Crippen molar-refractivity contribution in [2.24, 2.45) is 0 Å². The molecule has 0 atom stereocenters. The van der Waals surface area contributed by atoms with Crippen LogP contribution in [0.25, 0.3) is 0 Å². The van der Waals surface area contributed by atoms with Crippen molar-refractivity contribution in [3.63, 3.8) is 0 Å². The average Bonchev–Trinajstić information content (AvgIpc) is 2.32. The highest BCUT2D eigenvalue weighted by Crippen LogP contribution is 2.19. The molecule has 17 heavy (non-hydrogen) atoms. The Balaban J connectivity index is 3.00. The van der Waals surface area contributed by atoms with Crippen LogP contribution >= 0.6 is 0 Å². The van der Waals surface area contributed by atoms with Gasteiger partial charge in [-0.25, -0.2) is 9.37 Å². The Morgan fingerprint density at radius 1 is 1.65 bits per heavy atom. The Morgan fingerprint density at radius 3 is 3.00 bits per heavy atom. The molecule has 0 spiro atoms. The van der Waals surface area contributed by atoms with Crippen molar-refractivity contribution < 1.29 is 9.50 Å². The lowest BCUT2D eigenvalue weighted by Gasteiger charge is -2.22. The molecule has 0 saturated carbocycles. The zero-order valence-corrected chi connectivity index (χ0v) is 9.99. The zero-order chi connectivity index (χ0) is 12.7. The molecule has 1 aromatic heterocycles. The van der Waals surface area contributed by atoms with Gasteiger partial charge < -0.3 is 15.3 Å². The lowest BCUT2D eigenvalue weighted by Crippen LogP contribution is -2.29. The Morgan fingerprint density at radius 2 is 2.41 bits per heavy atom. The van der Waals surface area contributed by atoms with E-state index >= 15 is 0 Å². The van der Waals surface area contributed by atoms with E-state index in [2.05, 4.69) is 16.9 Å². The maximum Gasteiger partial charge on any atom is 0.170 e. The van der Waals surface area contributed by atoms with Crippen molar-refractivity contribution in [2.45, 2.75) is 6.54 Å². The average molecular weight is 239 g/mol. The molecule has 0 aliphatic heterocycles. The van der Waals surface area contributed by atoms with Crippen LogP contribution in [0.5, 0.6) is 0 Å². The number of hydrogen-bond donors (Lipinski definition) is 2. The van der Waals surface area contributed by atoms with E-state index in [-0.39, 0.29) is 18.2 Å². The standard InChI is InChI=1S/C12H18FN3O/c1-3-6-16(7-8-17)12-11(13)10(9-14-2)4-5-15-12/h3-5,14,17H,1,6-9H2,2H3. The van der Waals surface area contributed by atoms with Crippen molar-refractivity contribution in [2.75, 3.05) is 31.6 Å². The van der Waals surface area contributed by atoms with Gasteiger partial charge >= 0.3 is 0 Å². The molecule has 0 aliphatic carbocycles. The van der Waals surface area contributed by atoms with Gasteiger partial charge in [0.25, 0.3) is 0 Å². The van der Waals surface area contributed by atoms with Crippen molar-refractivity contribution in [1.82, 2.24) is 10.3 Å². The van der Waals surface area contributed by atoms with Crippen LogP contribution in [0.1, 0.15) is 5.56 Å². The van der Waals surface area contributed by atoms with Crippen LogP contribution in [0.15, 0.2) is 24.9 Å². The number of aliphatic hydroxyl groups is 1. The predicted molar refractivity (Wildman–Crippen MR) is 66.5 cm³/mol. The molecule has 94 valence electrons. The van der Waals surface area contributed by atoms with Gasteiger partial charge in [-0.05, 0) is 13.1 Å². The molecule has 5 heteroatoms. The van der Waals surface area contributed by atoms with Crippen molar-refractivity contribution >= 4 is 5.82 Å². The van der Waals surface area contributed by atoms with Gasteiger partial charge in [-0.15, -0.1) is 6.58 Å². The van der Waals surface area contributed by atoms with Gasteiger partial charge in [0.05, 0.1) is 6.61 Å². The van der Waals surface area contributed by atoms with E-state index in [9.17, 15) is 4.39 Å². The summed E-state index contributed by atoms with van der Waals surface area (Å²) in [6.07, 6.45) is 3.22. The van der Waals surface area contributed by atoms with Gasteiger partial charge in [0, 0.05) is 31.4 Å². The van der Waals surface area contributed by atoms with Crippen LogP contribution in [-0.4, -0.2) is 36.8 Å². The third-order valence-electron chi connectivity index (χ3n) is 2.34. The van der Waals surface area contributed by atoms with Gasteiger partial charge in [0.2, 0.25) is 0 Å². The molecule has 0 bridgehead atoms. The van der Waals surface area contributed by atoms with Crippen LogP contribution in [-0.2, 0) is 6.54 Å². The predicted octanol–water partition coefficient (Wildman–Crippen LogP) is 0.925. The molecular weight excluding hydrogens is 221 g/mol. The van der Waals surface area contributed by atoms with Gasteiger partial charge in [-0.1, -0.05) is 6.08 Å². The Labute approximate surface area is 101 Å². The van der Waals surface area contributed by atoms with E-state index in [1.165, 1.54) is 0 Å². The van der Waals surface area contributed by atoms with Gasteiger partial charge in [0.15, 0.2) is 11.6 Å². The molecule has 2 N–H and O–H groups in total. The summed E-state index contributed by atoms with van der Waals surface area (Å²) in [5.41, 5.74) is 0.560. The smallest absolute Gasteiger partial charge is 0.170 e.